The highest BCUT2D eigenvalue weighted by Gasteiger charge is 2.10. The average Bonchev–Trinajstić information content (AvgIpc) is 2.82. The first-order valence-electron chi connectivity index (χ1n) is 5.98. The smallest absolute Gasteiger partial charge is 0.227 e. The Hall–Kier alpha value is -2.30. The van der Waals surface area contributed by atoms with E-state index in [2.05, 4.69) is 10.3 Å². The third-order valence-electron chi connectivity index (χ3n) is 2.83. The molecular formula is C14H16N2O3. The minimum Gasteiger partial charge on any atom is -0.496 e. The van der Waals surface area contributed by atoms with Crippen molar-refractivity contribution in [2.24, 2.45) is 0 Å². The van der Waals surface area contributed by atoms with Crippen LogP contribution < -0.4 is 10.1 Å². The van der Waals surface area contributed by atoms with Gasteiger partial charge in [-0.25, -0.2) is 4.98 Å². The highest BCUT2D eigenvalue weighted by Crippen LogP contribution is 2.16. The van der Waals surface area contributed by atoms with Gasteiger partial charge in [0.05, 0.1) is 19.2 Å². The van der Waals surface area contributed by atoms with Gasteiger partial charge in [0.1, 0.15) is 11.5 Å². The fraction of sp³-hybridized carbons (Fsp3) is 0.286. The second kappa shape index (κ2) is 6.04. The predicted octanol–water partition coefficient (Wildman–Crippen LogP) is 1.85. The van der Waals surface area contributed by atoms with E-state index in [-0.39, 0.29) is 12.3 Å². The number of rotatable bonds is 5. The van der Waals surface area contributed by atoms with E-state index in [0.717, 1.165) is 17.0 Å². The molecular weight excluding hydrogens is 244 g/mol. The number of aryl methyl sites for hydroxylation is 1. The lowest BCUT2D eigenvalue weighted by molar-refractivity contribution is -0.120. The molecule has 1 heterocycles. The molecule has 0 aliphatic carbocycles. The van der Waals surface area contributed by atoms with Gasteiger partial charge in [0, 0.05) is 12.1 Å². The number of amides is 1. The summed E-state index contributed by atoms with van der Waals surface area (Å²) in [6.45, 7) is 2.24. The molecule has 0 saturated heterocycles. The topological polar surface area (TPSA) is 64.4 Å². The van der Waals surface area contributed by atoms with Crippen molar-refractivity contribution in [3.8, 4) is 5.75 Å². The lowest BCUT2D eigenvalue weighted by Gasteiger charge is -2.09. The van der Waals surface area contributed by atoms with Gasteiger partial charge in [0.25, 0.3) is 0 Å². The summed E-state index contributed by atoms with van der Waals surface area (Å²) in [5, 5.41) is 2.83. The Morgan fingerprint density at radius 3 is 2.89 bits per heavy atom. The number of nitrogens with zero attached hydrogens (tertiary/aromatic N) is 1. The van der Waals surface area contributed by atoms with E-state index < -0.39 is 0 Å². The Morgan fingerprint density at radius 1 is 1.42 bits per heavy atom. The van der Waals surface area contributed by atoms with E-state index in [0.29, 0.717) is 12.3 Å². The number of hydrogen-bond acceptors (Lipinski definition) is 4. The van der Waals surface area contributed by atoms with Crippen LogP contribution in [0.4, 0.5) is 0 Å². The number of carbonyl (C=O) groups is 1. The van der Waals surface area contributed by atoms with Gasteiger partial charge in [-0.3, -0.25) is 4.79 Å². The zero-order valence-corrected chi connectivity index (χ0v) is 11.0. The van der Waals surface area contributed by atoms with Crippen molar-refractivity contribution in [3.63, 3.8) is 0 Å². The fourth-order valence-corrected chi connectivity index (χ4v) is 1.75. The van der Waals surface area contributed by atoms with Gasteiger partial charge in [-0.15, -0.1) is 0 Å². The van der Waals surface area contributed by atoms with E-state index >= 15 is 0 Å². The van der Waals surface area contributed by atoms with Crippen molar-refractivity contribution in [1.82, 2.24) is 10.3 Å². The van der Waals surface area contributed by atoms with Crippen LogP contribution in [-0.2, 0) is 17.8 Å². The number of aromatic nitrogens is 1. The third-order valence-corrected chi connectivity index (χ3v) is 2.83. The molecule has 1 aromatic heterocycles. The molecule has 0 radical (unpaired) electrons. The number of nitrogens with one attached hydrogen (secondary N) is 1. The van der Waals surface area contributed by atoms with Crippen molar-refractivity contribution in [2.45, 2.75) is 19.9 Å². The van der Waals surface area contributed by atoms with Crippen LogP contribution in [0, 0.1) is 6.92 Å². The zero-order valence-electron chi connectivity index (χ0n) is 11.0. The summed E-state index contributed by atoms with van der Waals surface area (Å²) in [5.41, 5.74) is 1.68. The molecule has 1 amide bonds. The lowest BCUT2D eigenvalue weighted by Crippen LogP contribution is -2.24. The first-order valence-corrected chi connectivity index (χ1v) is 5.98. The van der Waals surface area contributed by atoms with Crippen LogP contribution in [0.1, 0.15) is 17.0 Å². The van der Waals surface area contributed by atoms with Crippen LogP contribution in [-0.4, -0.2) is 18.0 Å². The van der Waals surface area contributed by atoms with Gasteiger partial charge in [-0.2, -0.15) is 0 Å². The largest absolute Gasteiger partial charge is 0.496 e. The van der Waals surface area contributed by atoms with Crippen LogP contribution in [0.2, 0.25) is 0 Å². The molecule has 0 spiro atoms. The minimum atomic E-state index is -0.106. The summed E-state index contributed by atoms with van der Waals surface area (Å²) in [6, 6.07) is 7.58. The molecule has 0 unspecified atom stereocenters. The molecule has 100 valence electrons. The SMILES string of the molecule is COc1ccccc1CNC(=O)Cc1ocnc1C. The van der Waals surface area contributed by atoms with Crippen LogP contribution in [0.3, 0.4) is 0 Å². The maximum Gasteiger partial charge on any atom is 0.227 e. The van der Waals surface area contributed by atoms with E-state index in [1.54, 1.807) is 7.11 Å². The van der Waals surface area contributed by atoms with Crippen LogP contribution in [0.5, 0.6) is 5.75 Å². The molecule has 1 N–H and O–H groups in total. The quantitative estimate of drug-likeness (QED) is 0.891. The monoisotopic (exact) mass is 260 g/mol. The molecule has 1 aromatic carbocycles. The van der Waals surface area contributed by atoms with Crippen LogP contribution >= 0.6 is 0 Å². The van der Waals surface area contributed by atoms with Crippen molar-refractivity contribution in [2.75, 3.05) is 7.11 Å². The van der Waals surface area contributed by atoms with Gasteiger partial charge in [0.15, 0.2) is 6.39 Å². The van der Waals surface area contributed by atoms with E-state index in [1.807, 2.05) is 31.2 Å². The average molecular weight is 260 g/mol. The normalized spacial score (nSPS) is 10.2. The summed E-state index contributed by atoms with van der Waals surface area (Å²) >= 11 is 0. The lowest BCUT2D eigenvalue weighted by atomic mass is 10.2. The number of oxazole rings is 1. The number of methoxy groups -OCH3 is 1. The Bertz CT molecular complexity index is 563. The summed E-state index contributed by atoms with van der Waals surface area (Å²) in [4.78, 5) is 15.7. The van der Waals surface area contributed by atoms with Gasteiger partial charge >= 0.3 is 0 Å². The number of hydrogen-bond donors (Lipinski definition) is 1. The first kappa shape index (κ1) is 13.1. The number of ether oxygens (including phenoxy) is 1. The molecule has 5 nitrogen and oxygen atoms in total. The Morgan fingerprint density at radius 2 is 2.21 bits per heavy atom. The molecule has 0 fully saturated rings. The number of carbonyl (C=O) groups excluding carboxylic acids is 1. The second-order valence-electron chi connectivity index (χ2n) is 4.13. The molecule has 19 heavy (non-hydrogen) atoms. The fourth-order valence-electron chi connectivity index (χ4n) is 1.75. The molecule has 0 atom stereocenters. The molecule has 5 heteroatoms. The van der Waals surface area contributed by atoms with Gasteiger partial charge < -0.3 is 14.5 Å². The molecule has 0 saturated carbocycles. The molecule has 0 bridgehead atoms. The van der Waals surface area contributed by atoms with Gasteiger partial charge in [-0.05, 0) is 13.0 Å². The van der Waals surface area contributed by atoms with E-state index in [1.165, 1.54) is 6.39 Å². The Labute approximate surface area is 111 Å². The number of benzene rings is 1. The standard InChI is InChI=1S/C14H16N2O3/c1-10-13(19-9-16-10)7-14(17)15-8-11-5-3-4-6-12(11)18-2/h3-6,9H,7-8H2,1-2H3,(H,15,17). The van der Waals surface area contributed by atoms with E-state index in [4.69, 9.17) is 9.15 Å². The first-order chi connectivity index (χ1) is 9.20. The maximum atomic E-state index is 11.8. The maximum absolute atomic E-state index is 11.8. The van der Waals surface area contributed by atoms with Crippen molar-refractivity contribution in [3.05, 3.63) is 47.7 Å². The van der Waals surface area contributed by atoms with Crippen molar-refractivity contribution < 1.29 is 13.9 Å². The second-order valence-corrected chi connectivity index (χ2v) is 4.13. The Balaban J connectivity index is 1.92. The van der Waals surface area contributed by atoms with Crippen LogP contribution in [0.15, 0.2) is 35.1 Å². The summed E-state index contributed by atoms with van der Waals surface area (Å²) in [5.74, 6) is 1.25. The Kier molecular flexibility index (Phi) is 4.18. The zero-order chi connectivity index (χ0) is 13.7. The highest BCUT2D eigenvalue weighted by molar-refractivity contribution is 5.78. The summed E-state index contributed by atoms with van der Waals surface area (Å²) in [6.07, 6.45) is 1.54. The molecule has 0 aliphatic rings. The summed E-state index contributed by atoms with van der Waals surface area (Å²) < 4.78 is 10.4. The predicted molar refractivity (Wildman–Crippen MR) is 69.8 cm³/mol. The number of para-hydroxylation sites is 1. The molecule has 2 rings (SSSR count). The third kappa shape index (κ3) is 3.34. The van der Waals surface area contributed by atoms with Gasteiger partial charge in [0.2, 0.25) is 5.91 Å². The highest BCUT2D eigenvalue weighted by atomic mass is 16.5. The summed E-state index contributed by atoms with van der Waals surface area (Å²) in [7, 11) is 1.61. The van der Waals surface area contributed by atoms with Crippen molar-refractivity contribution >= 4 is 5.91 Å². The van der Waals surface area contributed by atoms with E-state index in [9.17, 15) is 4.79 Å². The van der Waals surface area contributed by atoms with Gasteiger partial charge in [-0.1, -0.05) is 18.2 Å². The molecule has 2 aromatic rings. The minimum absolute atomic E-state index is 0.106. The molecule has 0 aliphatic heterocycles. The van der Waals surface area contributed by atoms with Crippen molar-refractivity contribution in [1.29, 1.82) is 0 Å². The van der Waals surface area contributed by atoms with Crippen LogP contribution in [0.25, 0.3) is 0 Å².